The molecule has 118 valence electrons. The summed E-state index contributed by atoms with van der Waals surface area (Å²) in [6.45, 7) is 0.0589. The van der Waals surface area contributed by atoms with Gasteiger partial charge in [0.2, 0.25) is 0 Å². The number of fused-ring (bicyclic) bond motifs is 1. The summed E-state index contributed by atoms with van der Waals surface area (Å²) in [6.07, 6.45) is 0.815. The van der Waals surface area contributed by atoms with E-state index in [1.165, 1.54) is 12.1 Å². The molecule has 3 nitrogen and oxygen atoms in total. The van der Waals surface area contributed by atoms with Crippen LogP contribution in [-0.4, -0.2) is 21.3 Å². The molecule has 1 atom stereocenters. The summed E-state index contributed by atoms with van der Waals surface area (Å²) in [5.74, 6) is 0.800. The normalized spacial score (nSPS) is 18.3. The maximum Gasteiger partial charge on any atom is 0.416 e. The fraction of sp³-hybridized carbons (Fsp3) is 0.438. The molecule has 0 radical (unpaired) electrons. The average Bonchev–Trinajstić information content (AvgIpc) is 2.90. The predicted octanol–water partition coefficient (Wildman–Crippen LogP) is 3.36. The minimum absolute atomic E-state index is 0.0238. The molecule has 1 unspecified atom stereocenters. The Bertz CT molecular complexity index is 646. The van der Waals surface area contributed by atoms with Crippen LogP contribution in [0, 0.1) is 0 Å². The lowest BCUT2D eigenvalue weighted by Crippen LogP contribution is -2.22. The molecule has 2 heterocycles. The molecule has 1 aliphatic rings. The largest absolute Gasteiger partial charge is 0.416 e. The van der Waals surface area contributed by atoms with Gasteiger partial charge in [-0.05, 0) is 37.0 Å². The van der Waals surface area contributed by atoms with Gasteiger partial charge in [-0.1, -0.05) is 12.1 Å². The lowest BCUT2D eigenvalue weighted by atomic mass is 10.0. The molecular formula is C16H17F3N2O. The highest BCUT2D eigenvalue weighted by molar-refractivity contribution is 5.27. The standard InChI is InChI=1S/C16H17F3N2O/c17-16(18,19)12-6-4-11(5-7-12)8-15-20-9-13-2-1-3-14(10-22)21(13)15/h4-7,9,14,22H,1-3,8,10H2. The summed E-state index contributed by atoms with van der Waals surface area (Å²) < 4.78 is 39.8. The number of aryl methyl sites for hydroxylation is 1. The molecule has 0 saturated heterocycles. The number of aliphatic hydroxyl groups is 1. The summed E-state index contributed by atoms with van der Waals surface area (Å²) in [7, 11) is 0. The van der Waals surface area contributed by atoms with Crippen LogP contribution in [0.1, 0.15) is 41.5 Å². The molecule has 2 aromatic rings. The van der Waals surface area contributed by atoms with E-state index in [-0.39, 0.29) is 12.6 Å². The van der Waals surface area contributed by atoms with Gasteiger partial charge in [-0.3, -0.25) is 0 Å². The number of benzene rings is 1. The zero-order valence-electron chi connectivity index (χ0n) is 12.0. The summed E-state index contributed by atoms with van der Waals surface area (Å²) in [5, 5.41) is 9.50. The number of hydrogen-bond donors (Lipinski definition) is 1. The number of nitrogens with zero attached hydrogens (tertiary/aromatic N) is 2. The van der Waals surface area contributed by atoms with Crippen molar-refractivity contribution in [2.45, 2.75) is 37.9 Å². The average molecular weight is 310 g/mol. The van der Waals surface area contributed by atoms with Crippen molar-refractivity contribution in [3.05, 3.63) is 53.1 Å². The van der Waals surface area contributed by atoms with Crippen LogP contribution in [0.5, 0.6) is 0 Å². The Morgan fingerprint density at radius 3 is 2.59 bits per heavy atom. The first kappa shape index (κ1) is 15.1. The van der Waals surface area contributed by atoms with E-state index in [1.54, 1.807) is 6.20 Å². The minimum Gasteiger partial charge on any atom is -0.394 e. The van der Waals surface area contributed by atoms with Crippen molar-refractivity contribution in [3.63, 3.8) is 0 Å². The Kier molecular flexibility index (Phi) is 3.95. The van der Waals surface area contributed by atoms with E-state index in [0.29, 0.717) is 6.42 Å². The molecule has 22 heavy (non-hydrogen) atoms. The molecule has 0 aliphatic carbocycles. The molecule has 3 rings (SSSR count). The zero-order chi connectivity index (χ0) is 15.7. The Labute approximate surface area is 126 Å². The van der Waals surface area contributed by atoms with Crippen LogP contribution in [0.25, 0.3) is 0 Å². The van der Waals surface area contributed by atoms with Crippen LogP contribution >= 0.6 is 0 Å². The van der Waals surface area contributed by atoms with E-state index in [9.17, 15) is 18.3 Å². The van der Waals surface area contributed by atoms with Crippen LogP contribution in [0.4, 0.5) is 13.2 Å². The molecule has 1 aromatic heterocycles. The van der Waals surface area contributed by atoms with Crippen LogP contribution < -0.4 is 0 Å². The minimum atomic E-state index is -4.31. The third-order valence-corrected chi connectivity index (χ3v) is 4.14. The summed E-state index contributed by atoms with van der Waals surface area (Å²) >= 11 is 0. The number of aliphatic hydroxyl groups excluding tert-OH is 1. The van der Waals surface area contributed by atoms with Gasteiger partial charge in [0.15, 0.2) is 0 Å². The van der Waals surface area contributed by atoms with E-state index >= 15 is 0 Å². The van der Waals surface area contributed by atoms with Crippen molar-refractivity contribution in [2.24, 2.45) is 0 Å². The molecule has 0 fully saturated rings. The molecule has 1 N–H and O–H groups in total. The zero-order valence-corrected chi connectivity index (χ0v) is 12.0. The lowest BCUT2D eigenvalue weighted by Gasteiger charge is -2.25. The first-order chi connectivity index (χ1) is 10.5. The molecule has 0 amide bonds. The van der Waals surface area contributed by atoms with Crippen molar-refractivity contribution in [2.75, 3.05) is 6.61 Å². The number of rotatable bonds is 3. The third-order valence-electron chi connectivity index (χ3n) is 4.14. The molecular weight excluding hydrogens is 293 g/mol. The Morgan fingerprint density at radius 2 is 1.95 bits per heavy atom. The van der Waals surface area contributed by atoms with Crippen LogP contribution in [0.3, 0.4) is 0 Å². The van der Waals surface area contributed by atoms with Gasteiger partial charge in [-0.25, -0.2) is 4.98 Å². The van der Waals surface area contributed by atoms with Crippen LogP contribution in [0.15, 0.2) is 30.5 Å². The van der Waals surface area contributed by atoms with Gasteiger partial charge in [0.25, 0.3) is 0 Å². The quantitative estimate of drug-likeness (QED) is 0.944. The maximum absolute atomic E-state index is 12.6. The molecule has 0 saturated carbocycles. The van der Waals surface area contributed by atoms with Gasteiger partial charge in [0.1, 0.15) is 5.82 Å². The van der Waals surface area contributed by atoms with Crippen LogP contribution in [-0.2, 0) is 19.0 Å². The Hall–Kier alpha value is -1.82. The summed E-state index contributed by atoms with van der Waals surface area (Å²) in [4.78, 5) is 4.39. The van der Waals surface area contributed by atoms with E-state index in [4.69, 9.17) is 0 Å². The van der Waals surface area contributed by atoms with Gasteiger partial charge in [0.05, 0.1) is 18.2 Å². The molecule has 0 spiro atoms. The monoisotopic (exact) mass is 310 g/mol. The van der Waals surface area contributed by atoms with Crippen LogP contribution in [0.2, 0.25) is 0 Å². The highest BCUT2D eigenvalue weighted by atomic mass is 19.4. The smallest absolute Gasteiger partial charge is 0.394 e. The van der Waals surface area contributed by atoms with Crippen molar-refractivity contribution in [1.29, 1.82) is 0 Å². The second kappa shape index (κ2) is 5.76. The highest BCUT2D eigenvalue weighted by Crippen LogP contribution is 2.30. The number of alkyl halides is 3. The van der Waals surface area contributed by atoms with Crippen molar-refractivity contribution in [1.82, 2.24) is 9.55 Å². The lowest BCUT2D eigenvalue weighted by molar-refractivity contribution is -0.137. The van der Waals surface area contributed by atoms with E-state index < -0.39 is 11.7 Å². The number of aromatic nitrogens is 2. The first-order valence-electron chi connectivity index (χ1n) is 7.31. The summed E-state index contributed by atoms with van der Waals surface area (Å²) in [6, 6.07) is 5.19. The molecule has 1 aromatic carbocycles. The Balaban J connectivity index is 1.84. The Morgan fingerprint density at radius 1 is 1.23 bits per heavy atom. The molecule has 1 aliphatic heterocycles. The number of hydrogen-bond acceptors (Lipinski definition) is 2. The number of imidazole rings is 1. The third kappa shape index (κ3) is 2.88. The van der Waals surface area contributed by atoms with Gasteiger partial charge in [-0.2, -0.15) is 13.2 Å². The molecule has 0 bridgehead atoms. The second-order valence-corrected chi connectivity index (χ2v) is 5.64. The SMILES string of the molecule is OCC1CCCc2cnc(Cc3ccc(C(F)(F)F)cc3)n21. The fourth-order valence-corrected chi connectivity index (χ4v) is 3.02. The first-order valence-corrected chi connectivity index (χ1v) is 7.31. The second-order valence-electron chi connectivity index (χ2n) is 5.64. The van der Waals surface area contributed by atoms with Crippen molar-refractivity contribution >= 4 is 0 Å². The van der Waals surface area contributed by atoms with Gasteiger partial charge < -0.3 is 9.67 Å². The van der Waals surface area contributed by atoms with E-state index in [1.807, 2.05) is 4.57 Å². The fourth-order valence-electron chi connectivity index (χ4n) is 3.02. The van der Waals surface area contributed by atoms with Gasteiger partial charge in [0, 0.05) is 18.3 Å². The highest BCUT2D eigenvalue weighted by Gasteiger charge is 2.30. The van der Waals surface area contributed by atoms with Gasteiger partial charge in [-0.15, -0.1) is 0 Å². The van der Waals surface area contributed by atoms with E-state index in [2.05, 4.69) is 4.98 Å². The molecule has 6 heteroatoms. The topological polar surface area (TPSA) is 38.1 Å². The van der Waals surface area contributed by atoms with Gasteiger partial charge >= 0.3 is 6.18 Å². The summed E-state index contributed by atoms with van der Waals surface area (Å²) in [5.41, 5.74) is 1.23. The van der Waals surface area contributed by atoms with Crippen molar-refractivity contribution in [3.8, 4) is 0 Å². The van der Waals surface area contributed by atoms with E-state index in [0.717, 1.165) is 48.5 Å². The predicted molar refractivity (Wildman–Crippen MR) is 75.5 cm³/mol. The maximum atomic E-state index is 12.6. The van der Waals surface area contributed by atoms with Crippen molar-refractivity contribution < 1.29 is 18.3 Å². The number of halogens is 3.